The van der Waals surface area contributed by atoms with E-state index in [1.54, 1.807) is 11.8 Å². The van der Waals surface area contributed by atoms with Crippen LogP contribution in [0.15, 0.2) is 82.6 Å². The molecule has 0 atom stereocenters. The molecule has 2 heteroatoms. The Kier molecular flexibility index (Phi) is 3.84. The SMILES string of the molecule is Cc1cccc(-c2ccccc2Sc2ccccc2)n1. The molecule has 0 radical (unpaired) electrons. The maximum atomic E-state index is 4.63. The molecule has 0 saturated carbocycles. The number of pyridine rings is 1. The quantitative estimate of drug-likeness (QED) is 0.652. The minimum Gasteiger partial charge on any atom is -0.253 e. The first-order valence-corrected chi connectivity index (χ1v) is 7.40. The van der Waals surface area contributed by atoms with Crippen molar-refractivity contribution in [3.8, 4) is 11.3 Å². The van der Waals surface area contributed by atoms with Gasteiger partial charge in [0.05, 0.1) is 5.69 Å². The van der Waals surface area contributed by atoms with Crippen molar-refractivity contribution in [2.45, 2.75) is 16.7 Å². The van der Waals surface area contributed by atoms with Gasteiger partial charge in [0.1, 0.15) is 0 Å². The lowest BCUT2D eigenvalue weighted by Crippen LogP contribution is -1.88. The van der Waals surface area contributed by atoms with Gasteiger partial charge in [0.25, 0.3) is 0 Å². The molecule has 1 nitrogen and oxygen atoms in total. The fourth-order valence-electron chi connectivity index (χ4n) is 2.08. The van der Waals surface area contributed by atoms with E-state index in [0.29, 0.717) is 0 Å². The number of hydrogen-bond acceptors (Lipinski definition) is 2. The van der Waals surface area contributed by atoms with Crippen LogP contribution in [0.2, 0.25) is 0 Å². The molecule has 2 aromatic carbocycles. The molecular formula is C18H15NS. The summed E-state index contributed by atoms with van der Waals surface area (Å²) in [6.45, 7) is 2.02. The van der Waals surface area contributed by atoms with Crippen molar-refractivity contribution >= 4 is 11.8 Å². The Morgan fingerprint density at radius 1 is 0.750 bits per heavy atom. The van der Waals surface area contributed by atoms with Crippen LogP contribution in [0.5, 0.6) is 0 Å². The van der Waals surface area contributed by atoms with E-state index in [0.717, 1.165) is 11.4 Å². The molecule has 3 rings (SSSR count). The molecule has 1 aromatic heterocycles. The van der Waals surface area contributed by atoms with E-state index in [1.165, 1.54) is 15.4 Å². The van der Waals surface area contributed by atoms with Gasteiger partial charge < -0.3 is 0 Å². The van der Waals surface area contributed by atoms with Gasteiger partial charge in [0.15, 0.2) is 0 Å². The fraction of sp³-hybridized carbons (Fsp3) is 0.0556. The Labute approximate surface area is 123 Å². The summed E-state index contributed by atoms with van der Waals surface area (Å²) in [5.41, 5.74) is 3.26. The third kappa shape index (κ3) is 2.91. The van der Waals surface area contributed by atoms with Gasteiger partial charge in [-0.3, -0.25) is 4.98 Å². The van der Waals surface area contributed by atoms with Gasteiger partial charge in [-0.15, -0.1) is 0 Å². The van der Waals surface area contributed by atoms with Crippen LogP contribution in [0, 0.1) is 6.92 Å². The van der Waals surface area contributed by atoms with Crippen molar-refractivity contribution in [2.24, 2.45) is 0 Å². The smallest absolute Gasteiger partial charge is 0.0716 e. The minimum absolute atomic E-state index is 1.03. The average molecular weight is 277 g/mol. The molecule has 0 aliphatic heterocycles. The topological polar surface area (TPSA) is 12.9 Å². The first kappa shape index (κ1) is 12.9. The second-order valence-corrected chi connectivity index (χ2v) is 5.69. The van der Waals surface area contributed by atoms with E-state index in [-0.39, 0.29) is 0 Å². The number of nitrogens with zero attached hydrogens (tertiary/aromatic N) is 1. The molecule has 0 saturated heterocycles. The van der Waals surface area contributed by atoms with Gasteiger partial charge in [0.2, 0.25) is 0 Å². The molecule has 0 fully saturated rings. The highest BCUT2D eigenvalue weighted by atomic mass is 32.2. The van der Waals surface area contributed by atoms with Crippen LogP contribution in [-0.4, -0.2) is 4.98 Å². The molecule has 0 N–H and O–H groups in total. The molecule has 0 unspecified atom stereocenters. The third-order valence-corrected chi connectivity index (χ3v) is 4.11. The monoisotopic (exact) mass is 277 g/mol. The molecule has 0 aliphatic rings. The van der Waals surface area contributed by atoms with Crippen molar-refractivity contribution in [3.05, 3.63) is 78.5 Å². The molecule has 0 amide bonds. The standard InChI is InChI=1S/C18H15NS/c1-14-8-7-12-17(19-14)16-11-5-6-13-18(16)20-15-9-3-2-4-10-15/h2-13H,1H3. The van der Waals surface area contributed by atoms with Gasteiger partial charge in [-0.25, -0.2) is 0 Å². The van der Waals surface area contributed by atoms with Crippen molar-refractivity contribution in [3.63, 3.8) is 0 Å². The normalized spacial score (nSPS) is 10.4. The lowest BCUT2D eigenvalue weighted by atomic mass is 10.1. The first-order chi connectivity index (χ1) is 9.83. The average Bonchev–Trinajstić information content (AvgIpc) is 2.49. The van der Waals surface area contributed by atoms with E-state index in [4.69, 9.17) is 0 Å². The molecule has 98 valence electrons. The minimum atomic E-state index is 1.03. The Balaban J connectivity index is 2.00. The maximum absolute atomic E-state index is 4.63. The lowest BCUT2D eigenvalue weighted by Gasteiger charge is -2.09. The maximum Gasteiger partial charge on any atom is 0.0716 e. The molecular weight excluding hydrogens is 262 g/mol. The fourth-order valence-corrected chi connectivity index (χ4v) is 3.05. The second-order valence-electron chi connectivity index (χ2n) is 4.58. The van der Waals surface area contributed by atoms with E-state index in [1.807, 2.05) is 19.1 Å². The summed E-state index contributed by atoms with van der Waals surface area (Å²) < 4.78 is 0. The van der Waals surface area contributed by atoms with E-state index in [9.17, 15) is 0 Å². The van der Waals surface area contributed by atoms with Crippen LogP contribution in [0.25, 0.3) is 11.3 Å². The van der Waals surface area contributed by atoms with E-state index in [2.05, 4.69) is 65.6 Å². The second kappa shape index (κ2) is 5.93. The number of hydrogen-bond donors (Lipinski definition) is 0. The summed E-state index contributed by atoms with van der Waals surface area (Å²) in [5, 5.41) is 0. The Morgan fingerprint density at radius 3 is 2.30 bits per heavy atom. The van der Waals surface area contributed by atoms with E-state index < -0.39 is 0 Å². The van der Waals surface area contributed by atoms with Crippen molar-refractivity contribution < 1.29 is 0 Å². The summed E-state index contributed by atoms with van der Waals surface area (Å²) in [5.74, 6) is 0. The summed E-state index contributed by atoms with van der Waals surface area (Å²) in [7, 11) is 0. The van der Waals surface area contributed by atoms with Crippen LogP contribution < -0.4 is 0 Å². The highest BCUT2D eigenvalue weighted by Crippen LogP contribution is 2.34. The van der Waals surface area contributed by atoms with Crippen molar-refractivity contribution in [2.75, 3.05) is 0 Å². The molecule has 0 spiro atoms. The van der Waals surface area contributed by atoms with Gasteiger partial charge >= 0.3 is 0 Å². The first-order valence-electron chi connectivity index (χ1n) is 6.59. The summed E-state index contributed by atoms with van der Waals surface area (Å²) in [6, 6.07) is 25.0. The third-order valence-electron chi connectivity index (χ3n) is 3.02. The van der Waals surface area contributed by atoms with Crippen molar-refractivity contribution in [1.29, 1.82) is 0 Å². The van der Waals surface area contributed by atoms with Gasteiger partial charge in [0, 0.05) is 21.0 Å². The molecule has 0 bridgehead atoms. The van der Waals surface area contributed by atoms with E-state index >= 15 is 0 Å². The lowest BCUT2D eigenvalue weighted by molar-refractivity contribution is 1.19. The summed E-state index contributed by atoms with van der Waals surface area (Å²) in [4.78, 5) is 7.11. The Bertz CT molecular complexity index is 707. The zero-order chi connectivity index (χ0) is 13.8. The predicted octanol–water partition coefficient (Wildman–Crippen LogP) is 5.21. The highest BCUT2D eigenvalue weighted by Gasteiger charge is 2.07. The molecule has 0 aliphatic carbocycles. The van der Waals surface area contributed by atoms with Crippen LogP contribution in [0.4, 0.5) is 0 Å². The number of rotatable bonds is 3. The van der Waals surface area contributed by atoms with Gasteiger partial charge in [-0.1, -0.05) is 54.2 Å². The van der Waals surface area contributed by atoms with Crippen LogP contribution in [-0.2, 0) is 0 Å². The highest BCUT2D eigenvalue weighted by molar-refractivity contribution is 7.99. The summed E-state index contributed by atoms with van der Waals surface area (Å²) in [6.07, 6.45) is 0. The van der Waals surface area contributed by atoms with Gasteiger partial charge in [-0.2, -0.15) is 0 Å². The predicted molar refractivity (Wildman–Crippen MR) is 85.0 cm³/mol. The molecule has 1 heterocycles. The van der Waals surface area contributed by atoms with Crippen LogP contribution in [0.3, 0.4) is 0 Å². The zero-order valence-corrected chi connectivity index (χ0v) is 12.1. The molecule has 20 heavy (non-hydrogen) atoms. The number of benzene rings is 2. The largest absolute Gasteiger partial charge is 0.253 e. The summed E-state index contributed by atoms with van der Waals surface area (Å²) >= 11 is 1.77. The Morgan fingerprint density at radius 2 is 1.50 bits per heavy atom. The molecule has 3 aromatic rings. The van der Waals surface area contributed by atoms with Gasteiger partial charge in [-0.05, 0) is 37.3 Å². The number of aromatic nitrogens is 1. The zero-order valence-electron chi connectivity index (χ0n) is 11.3. The Hall–Kier alpha value is -2.06. The van der Waals surface area contributed by atoms with Crippen molar-refractivity contribution in [1.82, 2.24) is 4.98 Å². The number of aryl methyl sites for hydroxylation is 1. The van der Waals surface area contributed by atoms with Crippen LogP contribution >= 0.6 is 11.8 Å². The van der Waals surface area contributed by atoms with Crippen LogP contribution in [0.1, 0.15) is 5.69 Å².